The Morgan fingerprint density at radius 2 is 0.968 bits per heavy atom. The van der Waals surface area contributed by atoms with Crippen molar-refractivity contribution in [2.75, 3.05) is 0 Å². The van der Waals surface area contributed by atoms with Crippen LogP contribution in [0.15, 0.2) is 126 Å². The van der Waals surface area contributed by atoms with E-state index in [2.05, 4.69) is 91.0 Å². The quantitative estimate of drug-likeness (QED) is 0.319. The van der Waals surface area contributed by atoms with Crippen LogP contribution in [0.5, 0.6) is 0 Å². The van der Waals surface area contributed by atoms with Crippen molar-refractivity contribution in [3.8, 4) is 0 Å². The lowest BCUT2D eigenvalue weighted by molar-refractivity contribution is 0.575. The molecule has 4 aromatic carbocycles. The van der Waals surface area contributed by atoms with Gasteiger partial charge in [-0.3, -0.25) is 0 Å². The molecule has 0 aromatic heterocycles. The molecule has 0 bridgehead atoms. The molecule has 0 amide bonds. The third-order valence-electron chi connectivity index (χ3n) is 5.53. The Balaban J connectivity index is 1.80. The minimum atomic E-state index is -2.27. The van der Waals surface area contributed by atoms with Gasteiger partial charge in [-0.2, -0.15) is 4.99 Å². The van der Waals surface area contributed by atoms with Crippen LogP contribution in [0, 0.1) is 0 Å². The van der Waals surface area contributed by atoms with Gasteiger partial charge in [0.2, 0.25) is 16.7 Å². The van der Waals surface area contributed by atoms with Gasteiger partial charge in [-0.05, 0) is 60.7 Å². The van der Waals surface area contributed by atoms with Crippen molar-refractivity contribution in [2.24, 2.45) is 4.99 Å². The number of benzene rings is 4. The second-order valence-electron chi connectivity index (χ2n) is 7.32. The molecule has 4 aromatic rings. The summed E-state index contributed by atoms with van der Waals surface area (Å²) in [5.74, 6) is 0.327. The summed E-state index contributed by atoms with van der Waals surface area (Å²) in [6, 6.07) is 41.9. The van der Waals surface area contributed by atoms with Crippen LogP contribution in [0.1, 0.15) is 5.56 Å². The van der Waals surface area contributed by atoms with Gasteiger partial charge in [0, 0.05) is 5.56 Å². The molecular formula is C27H21NOPS+. The molecule has 0 N–H and O–H groups in total. The van der Waals surface area contributed by atoms with E-state index in [9.17, 15) is 0 Å². The standard InChI is InChI=1S/C27H21NOPS/c31-27-26(28-25(29-27)21-13-5-1-6-14-21)30(22-15-7-2-8-16-22,23-17-9-3-10-18-23)24-19-11-4-12-20-24/h1-20,26H/q+1/t26-/m0/s1. The zero-order valence-corrected chi connectivity index (χ0v) is 18.5. The lowest BCUT2D eigenvalue weighted by Crippen LogP contribution is -2.40. The van der Waals surface area contributed by atoms with Crippen LogP contribution in [-0.2, 0) is 4.74 Å². The minimum Gasteiger partial charge on any atom is -0.425 e. The molecule has 0 radical (unpaired) electrons. The molecule has 0 spiro atoms. The van der Waals surface area contributed by atoms with Gasteiger partial charge >= 0.3 is 0 Å². The molecule has 4 heteroatoms. The van der Waals surface area contributed by atoms with Crippen molar-refractivity contribution in [3.63, 3.8) is 0 Å². The van der Waals surface area contributed by atoms with Crippen molar-refractivity contribution < 1.29 is 4.74 Å². The van der Waals surface area contributed by atoms with E-state index in [0.29, 0.717) is 10.9 Å². The van der Waals surface area contributed by atoms with Gasteiger partial charge in [-0.15, -0.1) is 0 Å². The Labute approximate surface area is 188 Å². The largest absolute Gasteiger partial charge is 0.425 e. The van der Waals surface area contributed by atoms with E-state index in [4.69, 9.17) is 21.9 Å². The normalized spacial score (nSPS) is 15.9. The second kappa shape index (κ2) is 8.55. The number of thiocarbonyl (C=S) groups is 1. The predicted octanol–water partition coefficient (Wildman–Crippen LogP) is 5.11. The third kappa shape index (κ3) is 3.50. The van der Waals surface area contributed by atoms with Gasteiger partial charge in [0.15, 0.2) is 0 Å². The first-order chi connectivity index (χ1) is 15.3. The van der Waals surface area contributed by atoms with Gasteiger partial charge in [0.05, 0.1) is 0 Å². The summed E-state index contributed by atoms with van der Waals surface area (Å²) in [6.45, 7) is 0. The maximum atomic E-state index is 6.14. The van der Waals surface area contributed by atoms with Crippen LogP contribution in [0.25, 0.3) is 0 Å². The predicted molar refractivity (Wildman–Crippen MR) is 136 cm³/mol. The summed E-state index contributed by atoms with van der Waals surface area (Å²) in [7, 11) is -2.27. The Kier molecular flexibility index (Phi) is 5.46. The summed E-state index contributed by atoms with van der Waals surface area (Å²) in [4.78, 5) is 5.14. The summed E-state index contributed by atoms with van der Waals surface area (Å²) < 4.78 is 6.14. The van der Waals surface area contributed by atoms with Crippen molar-refractivity contribution in [2.45, 2.75) is 5.78 Å². The SMILES string of the molecule is S=C1OC(c2ccccc2)=N[C@H]1[P+](c1ccccc1)(c1ccccc1)c1ccccc1. The number of ether oxygens (including phenoxy) is 1. The zero-order chi connectivity index (χ0) is 21.1. The summed E-state index contributed by atoms with van der Waals surface area (Å²) >= 11 is 5.86. The fraction of sp³-hybridized carbons (Fsp3) is 0.0370. The van der Waals surface area contributed by atoms with E-state index in [-0.39, 0.29) is 5.78 Å². The lowest BCUT2D eigenvalue weighted by atomic mass is 10.2. The average molecular weight is 439 g/mol. The van der Waals surface area contributed by atoms with E-state index < -0.39 is 7.26 Å². The zero-order valence-electron chi connectivity index (χ0n) is 16.8. The van der Waals surface area contributed by atoms with Crippen molar-refractivity contribution in [1.82, 2.24) is 0 Å². The maximum absolute atomic E-state index is 6.14. The molecule has 1 aliphatic rings. The molecule has 31 heavy (non-hydrogen) atoms. The van der Waals surface area contributed by atoms with Gasteiger partial charge in [-0.1, -0.05) is 72.8 Å². The summed E-state index contributed by atoms with van der Waals surface area (Å²) in [5.41, 5.74) is 0.944. The highest BCUT2D eigenvalue weighted by Gasteiger charge is 2.57. The Morgan fingerprint density at radius 1 is 0.581 bits per heavy atom. The van der Waals surface area contributed by atoms with E-state index >= 15 is 0 Å². The number of hydrogen-bond acceptors (Lipinski definition) is 3. The van der Waals surface area contributed by atoms with Crippen molar-refractivity contribution in [1.29, 1.82) is 0 Å². The molecule has 0 fully saturated rings. The topological polar surface area (TPSA) is 21.6 Å². The number of nitrogens with zero attached hydrogens (tertiary/aromatic N) is 1. The molecule has 1 aliphatic heterocycles. The molecule has 1 heterocycles. The van der Waals surface area contributed by atoms with Gasteiger partial charge in [0.1, 0.15) is 23.2 Å². The molecule has 2 nitrogen and oxygen atoms in total. The molecule has 5 rings (SSSR count). The van der Waals surface area contributed by atoms with Crippen molar-refractivity contribution >= 4 is 46.3 Å². The first kappa shape index (κ1) is 19.8. The molecule has 0 aliphatic carbocycles. The Morgan fingerprint density at radius 3 is 1.39 bits per heavy atom. The molecular weight excluding hydrogens is 417 g/mol. The van der Waals surface area contributed by atoms with Crippen LogP contribution < -0.4 is 15.9 Å². The summed E-state index contributed by atoms with van der Waals surface area (Å²) in [6.07, 6.45) is 0. The van der Waals surface area contributed by atoms with Crippen LogP contribution in [0.2, 0.25) is 0 Å². The second-order valence-corrected chi connectivity index (χ2v) is 11.2. The third-order valence-corrected chi connectivity index (χ3v) is 10.4. The van der Waals surface area contributed by atoms with E-state index in [1.54, 1.807) is 0 Å². The van der Waals surface area contributed by atoms with Crippen molar-refractivity contribution in [3.05, 3.63) is 127 Å². The smallest absolute Gasteiger partial charge is 0.243 e. The monoisotopic (exact) mass is 438 g/mol. The number of rotatable bonds is 5. The van der Waals surface area contributed by atoms with E-state index in [1.807, 2.05) is 30.3 Å². The lowest BCUT2D eigenvalue weighted by Gasteiger charge is -2.29. The summed E-state index contributed by atoms with van der Waals surface area (Å²) in [5, 5.41) is 4.24. The van der Waals surface area contributed by atoms with Crippen LogP contribution in [0.4, 0.5) is 0 Å². The highest BCUT2D eigenvalue weighted by Crippen LogP contribution is 2.61. The molecule has 0 saturated carbocycles. The van der Waals surface area contributed by atoms with Gasteiger partial charge in [-0.25, -0.2) is 0 Å². The Hall–Kier alpha value is -3.13. The van der Waals surface area contributed by atoms with E-state index in [1.165, 1.54) is 15.9 Å². The molecule has 1 atom stereocenters. The molecule has 0 saturated heterocycles. The van der Waals surface area contributed by atoms with E-state index in [0.717, 1.165) is 5.56 Å². The first-order valence-corrected chi connectivity index (χ1v) is 12.5. The number of aliphatic imine (C=N–C) groups is 1. The highest BCUT2D eigenvalue weighted by atomic mass is 32.1. The van der Waals surface area contributed by atoms with Gasteiger partial charge in [0.25, 0.3) is 0 Å². The van der Waals surface area contributed by atoms with Crippen LogP contribution >= 0.6 is 19.5 Å². The fourth-order valence-electron chi connectivity index (χ4n) is 4.16. The molecule has 150 valence electrons. The highest BCUT2D eigenvalue weighted by molar-refractivity contribution is 7.98. The molecule has 0 unspecified atom stereocenters. The van der Waals surface area contributed by atoms with Crippen LogP contribution in [0.3, 0.4) is 0 Å². The number of hydrogen-bond donors (Lipinski definition) is 0. The fourth-order valence-corrected chi connectivity index (χ4v) is 9.08. The maximum Gasteiger partial charge on any atom is 0.243 e. The first-order valence-electron chi connectivity index (χ1n) is 10.2. The average Bonchev–Trinajstić information content (AvgIpc) is 3.24. The minimum absolute atomic E-state index is 0.273. The Bertz CT molecular complexity index is 1110. The van der Waals surface area contributed by atoms with Gasteiger partial charge < -0.3 is 4.74 Å². The van der Waals surface area contributed by atoms with Crippen LogP contribution in [-0.4, -0.2) is 16.7 Å².